The van der Waals surface area contributed by atoms with Crippen molar-refractivity contribution in [3.05, 3.63) is 143 Å². The van der Waals surface area contributed by atoms with E-state index in [4.69, 9.17) is 9.97 Å². The molecule has 4 aromatic carbocycles. The fourth-order valence-corrected chi connectivity index (χ4v) is 12.6. The molecule has 0 amide bonds. The largest absolute Gasteiger partial charge is 1.00 e. The molecule has 3 aromatic heterocycles. The molecule has 0 unspecified atom stereocenters. The first-order chi connectivity index (χ1) is 31.0. The Morgan fingerprint density at radius 1 is 0.371 bits per heavy atom. The number of thiophene rings is 2. The van der Waals surface area contributed by atoms with E-state index in [1.807, 2.05) is 0 Å². The van der Waals surface area contributed by atoms with E-state index >= 15 is 0 Å². The van der Waals surface area contributed by atoms with Gasteiger partial charge in [-0.15, -0.1) is 22.7 Å². The summed E-state index contributed by atoms with van der Waals surface area (Å²) >= 11 is 2.31. The maximum absolute atomic E-state index is 13.0. The number of fused-ring (bicyclic) bond motifs is 8. The smallest absolute Gasteiger partial charge is 0.744 e. The molecule has 9 rings (SSSR count). The van der Waals surface area contributed by atoms with Crippen molar-refractivity contribution in [1.29, 1.82) is 0 Å². The summed E-state index contributed by atoms with van der Waals surface area (Å²) in [6, 6.07) is 26.0. The van der Waals surface area contributed by atoms with Gasteiger partial charge in [-0.25, -0.2) is 43.6 Å². The van der Waals surface area contributed by atoms with Crippen LogP contribution in [-0.4, -0.2) is 61.9 Å². The van der Waals surface area contributed by atoms with Gasteiger partial charge in [-0.05, 0) is 121 Å². The predicted molar refractivity (Wildman–Crippen MR) is 249 cm³/mol. The zero-order valence-corrected chi connectivity index (χ0v) is 50.8. The standard InChI is InChI=1S/C46H32N2O12S6.4Na/c1-25-3-13-31(41(23-25)65(55,56)57)45-35-17-15-33(47-35)43(27-5-9-29(10-6-27)63(49,50)51)37-19-20-38(61-37)44(28-7-11-30(12-8-28)64(52,53)54)34-16-18-36(48-34)46(40-22-21-39(45)62-40)32-14-4-26(2)24-42(32)66(58,59)60;;;;/h3-24H,1-2H3,(H,49,50,51)(H,52,53,54)(H,55,56,57)(H,58,59,60);;;;/q;4*+1/p-4. The summed E-state index contributed by atoms with van der Waals surface area (Å²) in [5, 5.41) is 0. The summed E-state index contributed by atoms with van der Waals surface area (Å²) in [5.41, 5.74) is 4.26. The molecule has 0 N–H and O–H groups in total. The maximum atomic E-state index is 13.0. The van der Waals surface area contributed by atoms with Crippen molar-refractivity contribution >= 4 is 106 Å². The fourth-order valence-electron chi connectivity index (χ4n) is 7.78. The second-order valence-corrected chi connectivity index (χ2v) is 22.7. The van der Waals surface area contributed by atoms with E-state index in [1.54, 1.807) is 74.5 Å². The van der Waals surface area contributed by atoms with E-state index in [9.17, 15) is 51.9 Å². The third-order valence-corrected chi connectivity index (χ3v) is 16.4. The number of rotatable bonds is 8. The van der Waals surface area contributed by atoms with E-state index in [-0.39, 0.29) is 152 Å². The topological polar surface area (TPSA) is 255 Å². The summed E-state index contributed by atoms with van der Waals surface area (Å²) in [4.78, 5) is 8.04. The molecule has 0 saturated carbocycles. The van der Waals surface area contributed by atoms with Crippen LogP contribution in [0.1, 0.15) is 33.9 Å². The van der Waals surface area contributed by atoms with Gasteiger partial charge in [0.2, 0.25) is 0 Å². The number of nitrogens with zero attached hydrogens (tertiary/aromatic N) is 2. The third-order valence-electron chi connectivity index (χ3n) is 10.7. The molecule has 334 valence electrons. The Kier molecular flexibility index (Phi) is 18.9. The van der Waals surface area contributed by atoms with Gasteiger partial charge in [0.05, 0.1) is 42.4 Å². The quantitative estimate of drug-likeness (QED) is 0.109. The molecule has 2 aliphatic rings. The van der Waals surface area contributed by atoms with Crippen molar-refractivity contribution in [3.63, 3.8) is 0 Å². The molecule has 0 saturated heterocycles. The summed E-state index contributed by atoms with van der Waals surface area (Å²) in [6.45, 7) is 3.26. The molecular formula is C46H28N2Na4O12S6. The average molecular weight is 1090 g/mol. The van der Waals surface area contributed by atoms with E-state index in [2.05, 4.69) is 0 Å². The average Bonchev–Trinajstić information content (AvgIpc) is 4.09. The first-order valence-electron chi connectivity index (χ1n) is 19.3. The van der Waals surface area contributed by atoms with Crippen LogP contribution in [0.2, 0.25) is 0 Å². The van der Waals surface area contributed by atoms with Crippen molar-refractivity contribution in [2.75, 3.05) is 0 Å². The monoisotopic (exact) mass is 1080 g/mol. The number of hydrogen-bond donors (Lipinski definition) is 0. The maximum Gasteiger partial charge on any atom is 1.00 e. The van der Waals surface area contributed by atoms with Gasteiger partial charge in [0, 0.05) is 52.2 Å². The van der Waals surface area contributed by atoms with Crippen LogP contribution in [0.3, 0.4) is 0 Å². The molecule has 0 aliphatic carbocycles. The fraction of sp³-hybridized carbons (Fsp3) is 0.0435. The zero-order chi connectivity index (χ0) is 47.1. The predicted octanol–water partition coefficient (Wildman–Crippen LogP) is -2.96. The van der Waals surface area contributed by atoms with Gasteiger partial charge in [-0.3, -0.25) is 0 Å². The Morgan fingerprint density at radius 2 is 0.657 bits per heavy atom. The molecule has 0 atom stereocenters. The molecule has 5 heterocycles. The van der Waals surface area contributed by atoms with Crippen molar-refractivity contribution in [2.24, 2.45) is 0 Å². The Hall–Kier alpha value is -2.04. The van der Waals surface area contributed by atoms with Crippen LogP contribution < -0.4 is 118 Å². The van der Waals surface area contributed by atoms with Crippen LogP contribution in [-0.2, 0) is 40.5 Å². The van der Waals surface area contributed by atoms with Crippen LogP contribution in [0.25, 0.3) is 87.6 Å². The molecule has 0 radical (unpaired) electrons. The summed E-state index contributed by atoms with van der Waals surface area (Å²) in [6.07, 6.45) is 6.55. The van der Waals surface area contributed by atoms with Gasteiger partial charge >= 0.3 is 118 Å². The van der Waals surface area contributed by atoms with Crippen LogP contribution in [0.5, 0.6) is 0 Å². The van der Waals surface area contributed by atoms with Crippen LogP contribution in [0.15, 0.2) is 129 Å². The third kappa shape index (κ3) is 12.1. The second kappa shape index (κ2) is 22.4. The van der Waals surface area contributed by atoms with Gasteiger partial charge in [0.25, 0.3) is 0 Å². The molecule has 8 bridgehead atoms. The number of aromatic nitrogens is 2. The molecule has 24 heteroatoms. The number of benzene rings is 4. The van der Waals surface area contributed by atoms with Crippen LogP contribution in [0.4, 0.5) is 0 Å². The van der Waals surface area contributed by atoms with Gasteiger partial charge in [-0.2, -0.15) is 0 Å². The Bertz CT molecular complexity index is 3700. The minimum atomic E-state index is -5.11. The molecule has 14 nitrogen and oxygen atoms in total. The van der Waals surface area contributed by atoms with Crippen molar-refractivity contribution < 1.29 is 170 Å². The molecule has 7 aromatic rings. The molecule has 0 fully saturated rings. The Balaban J connectivity index is 0.00000228. The normalized spacial score (nSPS) is 12.3. The Labute approximate surface area is 500 Å². The van der Waals surface area contributed by atoms with Crippen LogP contribution >= 0.6 is 22.7 Å². The van der Waals surface area contributed by atoms with Gasteiger partial charge in [-0.1, -0.05) is 48.5 Å². The minimum absolute atomic E-state index is 0. The number of aryl methyl sites for hydroxylation is 2. The van der Waals surface area contributed by atoms with E-state index in [1.165, 1.54) is 59.9 Å². The SMILES string of the molecule is Cc1ccc(-c2c3nc(c(-c4ccc(S(=O)(=O)[O-])cc4)c4ccc(s4)c(-c4ccc(S(=O)(=O)[O-])cc4)c4nc(c(-c5ccc(C)cc5S(=O)(=O)[O-])c5ccc2s5)C=C4)C=C3)c(S(=O)(=O)[O-])c1.[Na+].[Na+].[Na+].[Na+]. The van der Waals surface area contributed by atoms with Gasteiger partial charge < -0.3 is 18.2 Å². The second-order valence-electron chi connectivity index (χ2n) is 15.1. The van der Waals surface area contributed by atoms with Crippen molar-refractivity contribution in [3.8, 4) is 44.5 Å². The zero-order valence-electron chi connectivity index (χ0n) is 37.9. The van der Waals surface area contributed by atoms with Gasteiger partial charge in [0.1, 0.15) is 40.5 Å². The summed E-state index contributed by atoms with van der Waals surface area (Å²) < 4.78 is 151. The van der Waals surface area contributed by atoms with E-state index < -0.39 is 60.1 Å². The molecular weight excluding hydrogens is 1060 g/mol. The van der Waals surface area contributed by atoms with E-state index in [0.717, 1.165) is 35.6 Å². The van der Waals surface area contributed by atoms with Crippen molar-refractivity contribution in [2.45, 2.75) is 33.4 Å². The van der Waals surface area contributed by atoms with E-state index in [0.29, 0.717) is 63.6 Å². The molecule has 2 aliphatic heterocycles. The van der Waals surface area contributed by atoms with Crippen LogP contribution in [0, 0.1) is 13.8 Å². The van der Waals surface area contributed by atoms with Crippen molar-refractivity contribution in [1.82, 2.24) is 9.97 Å². The first-order valence-corrected chi connectivity index (χ1v) is 26.6. The summed E-state index contributed by atoms with van der Waals surface area (Å²) in [7, 11) is -19.9. The summed E-state index contributed by atoms with van der Waals surface area (Å²) in [5.74, 6) is 0. The Morgan fingerprint density at radius 3 is 0.943 bits per heavy atom. The first kappa shape index (κ1) is 58.8. The molecule has 70 heavy (non-hydrogen) atoms. The number of hydrogen-bond acceptors (Lipinski definition) is 16. The molecule has 0 spiro atoms. The van der Waals surface area contributed by atoms with Gasteiger partial charge in [0.15, 0.2) is 0 Å². The minimum Gasteiger partial charge on any atom is -0.744 e.